The Morgan fingerprint density at radius 2 is 2.22 bits per heavy atom. The maximum absolute atomic E-state index is 6.07. The largest absolute Gasteiger partial charge is 0.394 e. The third-order valence-corrected chi connectivity index (χ3v) is 3.90. The molecule has 0 amide bonds. The summed E-state index contributed by atoms with van der Waals surface area (Å²) in [5.74, 6) is 0.981. The molecule has 0 spiro atoms. The number of aromatic nitrogens is 2. The van der Waals surface area contributed by atoms with Crippen molar-refractivity contribution in [2.45, 2.75) is 45.7 Å². The molecule has 1 fully saturated rings. The monoisotopic (exact) mass is 251 g/mol. The number of nitrogens with two attached hydrogens (primary N) is 1. The molecule has 5 heteroatoms. The summed E-state index contributed by atoms with van der Waals surface area (Å²) in [5, 5.41) is 7.91. The van der Waals surface area contributed by atoms with Gasteiger partial charge in [-0.2, -0.15) is 5.10 Å². The number of hydrogen-bond donors (Lipinski definition) is 2. The minimum atomic E-state index is 0.610. The Bertz CT molecular complexity index is 398. The molecule has 1 aromatic rings. The lowest BCUT2D eigenvalue weighted by molar-refractivity contribution is 0.194. The van der Waals surface area contributed by atoms with Crippen LogP contribution in [0.5, 0.6) is 0 Å². The van der Waals surface area contributed by atoms with Crippen LogP contribution in [0.1, 0.15) is 31.9 Å². The van der Waals surface area contributed by atoms with Crippen molar-refractivity contribution in [3.8, 4) is 0 Å². The Morgan fingerprint density at radius 1 is 1.44 bits per heavy atom. The third kappa shape index (κ3) is 2.61. The third-order valence-electron chi connectivity index (χ3n) is 3.90. The molecule has 1 aliphatic heterocycles. The zero-order valence-corrected chi connectivity index (χ0v) is 11.7. The molecule has 0 aliphatic carbocycles. The summed E-state index contributed by atoms with van der Waals surface area (Å²) in [6.07, 6.45) is 3.92. The summed E-state index contributed by atoms with van der Waals surface area (Å²) in [7, 11) is 2.21. The predicted molar refractivity (Wildman–Crippen MR) is 75.8 cm³/mol. The second-order valence-electron chi connectivity index (χ2n) is 5.17. The van der Waals surface area contributed by atoms with Crippen LogP contribution in [0, 0.1) is 6.92 Å². The van der Waals surface area contributed by atoms with Crippen molar-refractivity contribution in [2.24, 2.45) is 0 Å². The Morgan fingerprint density at radius 3 is 2.89 bits per heavy atom. The lowest BCUT2D eigenvalue weighted by Gasteiger charge is -2.32. The number of hydrogen-bond acceptors (Lipinski definition) is 4. The van der Waals surface area contributed by atoms with E-state index < -0.39 is 0 Å². The Labute approximate surface area is 109 Å². The van der Waals surface area contributed by atoms with Crippen molar-refractivity contribution >= 4 is 11.5 Å². The number of piperidine rings is 1. The lowest BCUT2D eigenvalue weighted by atomic mass is 10.0. The Hall–Kier alpha value is -1.23. The van der Waals surface area contributed by atoms with Crippen molar-refractivity contribution in [1.82, 2.24) is 14.7 Å². The second kappa shape index (κ2) is 5.61. The van der Waals surface area contributed by atoms with E-state index in [0.717, 1.165) is 30.3 Å². The van der Waals surface area contributed by atoms with Gasteiger partial charge in [0.2, 0.25) is 0 Å². The Kier molecular flexibility index (Phi) is 4.11. The highest BCUT2D eigenvalue weighted by Gasteiger charge is 2.20. The highest BCUT2D eigenvalue weighted by atomic mass is 15.3. The summed E-state index contributed by atoms with van der Waals surface area (Å²) >= 11 is 0. The average Bonchev–Trinajstić information content (AvgIpc) is 2.65. The summed E-state index contributed by atoms with van der Waals surface area (Å²) < 4.78 is 1.95. The molecule has 3 N–H and O–H groups in total. The van der Waals surface area contributed by atoms with Gasteiger partial charge in [-0.05, 0) is 40.3 Å². The van der Waals surface area contributed by atoms with Crippen LogP contribution in [-0.2, 0) is 6.54 Å². The molecule has 5 nitrogen and oxygen atoms in total. The van der Waals surface area contributed by atoms with Crippen LogP contribution in [0.15, 0.2) is 0 Å². The van der Waals surface area contributed by atoms with E-state index in [-0.39, 0.29) is 0 Å². The van der Waals surface area contributed by atoms with Crippen molar-refractivity contribution in [1.29, 1.82) is 0 Å². The second-order valence-corrected chi connectivity index (χ2v) is 5.17. The minimum Gasteiger partial charge on any atom is -0.394 e. The number of likely N-dealkylation sites (tertiary alicyclic amines) is 1. The van der Waals surface area contributed by atoms with Crippen LogP contribution in [0.4, 0.5) is 11.5 Å². The number of rotatable bonds is 4. The first kappa shape index (κ1) is 13.2. The van der Waals surface area contributed by atoms with Gasteiger partial charge in [0.15, 0.2) is 0 Å². The van der Waals surface area contributed by atoms with E-state index in [4.69, 9.17) is 5.73 Å². The van der Waals surface area contributed by atoms with Crippen molar-refractivity contribution in [3.63, 3.8) is 0 Å². The molecule has 0 radical (unpaired) electrons. The molecule has 102 valence electrons. The van der Waals surface area contributed by atoms with Crippen LogP contribution < -0.4 is 11.1 Å². The number of nitrogens with one attached hydrogen (secondary N) is 1. The molecule has 0 saturated carbocycles. The van der Waals surface area contributed by atoms with Crippen LogP contribution in [-0.4, -0.2) is 40.9 Å². The normalized spacial score (nSPS) is 21.2. The quantitative estimate of drug-likeness (QED) is 0.855. The SMILES string of the molecule is CCn1nc(C)c(N)c1NCC1CCCCN1C. The highest BCUT2D eigenvalue weighted by Crippen LogP contribution is 2.23. The summed E-state index contributed by atoms with van der Waals surface area (Å²) in [6.45, 7) is 7.05. The van der Waals surface area contributed by atoms with Crippen molar-refractivity contribution < 1.29 is 0 Å². The summed E-state index contributed by atoms with van der Waals surface area (Å²) in [6, 6.07) is 0.610. The molecule has 1 atom stereocenters. The van der Waals surface area contributed by atoms with Gasteiger partial charge in [-0.15, -0.1) is 0 Å². The fraction of sp³-hybridized carbons (Fsp3) is 0.769. The molecule has 2 heterocycles. The van der Waals surface area contributed by atoms with Gasteiger partial charge in [-0.25, -0.2) is 4.68 Å². The highest BCUT2D eigenvalue weighted by molar-refractivity contribution is 5.64. The molecule has 1 aliphatic rings. The maximum atomic E-state index is 6.07. The number of likely N-dealkylation sites (N-methyl/N-ethyl adjacent to an activating group) is 1. The minimum absolute atomic E-state index is 0.610. The van der Waals surface area contributed by atoms with Gasteiger partial charge in [0, 0.05) is 19.1 Å². The molecule has 18 heavy (non-hydrogen) atoms. The molecule has 1 aromatic heterocycles. The van der Waals surface area contributed by atoms with E-state index in [2.05, 4.69) is 29.3 Å². The van der Waals surface area contributed by atoms with E-state index in [1.54, 1.807) is 0 Å². The van der Waals surface area contributed by atoms with Crippen molar-refractivity contribution in [2.75, 3.05) is 31.2 Å². The van der Waals surface area contributed by atoms with Gasteiger partial charge >= 0.3 is 0 Å². The first-order chi connectivity index (χ1) is 8.63. The van der Waals surface area contributed by atoms with Gasteiger partial charge in [0.25, 0.3) is 0 Å². The van der Waals surface area contributed by atoms with Crippen LogP contribution >= 0.6 is 0 Å². The molecular weight excluding hydrogens is 226 g/mol. The maximum Gasteiger partial charge on any atom is 0.148 e. The van der Waals surface area contributed by atoms with Gasteiger partial charge < -0.3 is 16.0 Å². The van der Waals surface area contributed by atoms with E-state index in [1.165, 1.54) is 25.8 Å². The van der Waals surface area contributed by atoms with Crippen molar-refractivity contribution in [3.05, 3.63) is 5.69 Å². The molecule has 0 bridgehead atoms. The van der Waals surface area contributed by atoms with Gasteiger partial charge in [0.05, 0.1) is 11.4 Å². The van der Waals surface area contributed by atoms with Crippen LogP contribution in [0.25, 0.3) is 0 Å². The zero-order chi connectivity index (χ0) is 13.1. The topological polar surface area (TPSA) is 59.1 Å². The van der Waals surface area contributed by atoms with E-state index in [9.17, 15) is 0 Å². The first-order valence-electron chi connectivity index (χ1n) is 6.90. The van der Waals surface area contributed by atoms with Gasteiger partial charge in [-0.3, -0.25) is 0 Å². The molecular formula is C13H25N5. The van der Waals surface area contributed by atoms with Crippen LogP contribution in [0.3, 0.4) is 0 Å². The summed E-state index contributed by atoms with van der Waals surface area (Å²) in [5.41, 5.74) is 7.77. The van der Waals surface area contributed by atoms with E-state index in [0.29, 0.717) is 6.04 Å². The fourth-order valence-electron chi connectivity index (χ4n) is 2.63. The van der Waals surface area contributed by atoms with Crippen LogP contribution in [0.2, 0.25) is 0 Å². The number of nitrogen functional groups attached to an aromatic ring is 1. The van der Waals surface area contributed by atoms with Gasteiger partial charge in [-0.1, -0.05) is 6.42 Å². The smallest absolute Gasteiger partial charge is 0.148 e. The molecule has 2 rings (SSSR count). The van der Waals surface area contributed by atoms with Gasteiger partial charge in [0.1, 0.15) is 5.82 Å². The molecule has 1 saturated heterocycles. The number of aryl methyl sites for hydroxylation is 2. The van der Waals surface area contributed by atoms with E-state index in [1.807, 2.05) is 11.6 Å². The van der Waals surface area contributed by atoms with E-state index >= 15 is 0 Å². The standard InChI is InChI=1S/C13H25N5/c1-4-18-13(12(14)10(2)16-18)15-9-11-7-5-6-8-17(11)3/h11,15H,4-9,14H2,1-3H3. The Balaban J connectivity index is 2.01. The fourth-order valence-corrected chi connectivity index (χ4v) is 2.63. The summed E-state index contributed by atoms with van der Waals surface area (Å²) in [4.78, 5) is 2.44. The number of anilines is 2. The first-order valence-corrected chi connectivity index (χ1v) is 6.90. The zero-order valence-electron chi connectivity index (χ0n) is 11.7. The predicted octanol–water partition coefficient (Wildman–Crippen LogP) is 1.69. The molecule has 0 aromatic carbocycles. The molecule has 1 unspecified atom stereocenters. The average molecular weight is 251 g/mol. The number of nitrogens with zero attached hydrogens (tertiary/aromatic N) is 3. The lowest BCUT2D eigenvalue weighted by Crippen LogP contribution is -2.41.